The van der Waals surface area contributed by atoms with E-state index < -0.39 is 0 Å². The number of nitrogens with one attached hydrogen (secondary N) is 3. The van der Waals surface area contributed by atoms with E-state index in [-0.39, 0.29) is 0 Å². The van der Waals surface area contributed by atoms with Crippen molar-refractivity contribution in [2.24, 2.45) is 10.7 Å². The first kappa shape index (κ1) is 20.3. The number of nitrogens with zero attached hydrogens (tertiary/aromatic N) is 3. The van der Waals surface area contributed by atoms with Crippen LogP contribution in [0.15, 0.2) is 11.3 Å². The van der Waals surface area contributed by atoms with Gasteiger partial charge in [-0.15, -0.1) is 0 Å². The number of hydrogen-bond donors (Lipinski definition) is 4. The van der Waals surface area contributed by atoms with Crippen LogP contribution in [0, 0.1) is 18.4 Å². The molecule has 0 aromatic carbocycles. The summed E-state index contributed by atoms with van der Waals surface area (Å²) in [7, 11) is 0. The van der Waals surface area contributed by atoms with Crippen molar-refractivity contribution in [1.82, 2.24) is 20.6 Å². The van der Waals surface area contributed by atoms with Gasteiger partial charge in [0.05, 0.1) is 12.0 Å². The number of unbranched alkanes of at least 4 members (excludes halogenated alkanes) is 4. The van der Waals surface area contributed by atoms with Gasteiger partial charge in [-0.2, -0.15) is 17.0 Å². The Morgan fingerprint density at radius 3 is 2.88 bits per heavy atom. The lowest BCUT2D eigenvalue weighted by atomic mass is 10.1. The number of aromatic amines is 1. The third-order valence-corrected chi connectivity index (χ3v) is 4.49. The molecule has 5 N–H and O–H groups in total. The van der Waals surface area contributed by atoms with Crippen molar-refractivity contribution in [2.75, 3.05) is 25.4 Å². The first-order valence-corrected chi connectivity index (χ1v) is 9.63. The van der Waals surface area contributed by atoms with Crippen molar-refractivity contribution in [3.05, 3.63) is 17.7 Å². The molecule has 0 spiro atoms. The van der Waals surface area contributed by atoms with E-state index in [1.54, 1.807) is 18.1 Å². The van der Waals surface area contributed by atoms with Gasteiger partial charge in [0.2, 0.25) is 5.96 Å². The zero-order chi connectivity index (χ0) is 17.5. The number of hydrogen-bond acceptors (Lipinski definition) is 5. The Morgan fingerprint density at radius 1 is 1.38 bits per heavy atom. The zero-order valence-electron chi connectivity index (χ0n) is 14.5. The molecule has 0 fully saturated rings. The number of guanidine groups is 1. The third-order valence-electron chi connectivity index (χ3n) is 3.52. The predicted octanol–water partition coefficient (Wildman–Crippen LogP) is 1.88. The van der Waals surface area contributed by atoms with Crippen molar-refractivity contribution in [3.63, 3.8) is 0 Å². The number of nitrogens with two attached hydrogens (primary N) is 1. The van der Waals surface area contributed by atoms with E-state index in [0.29, 0.717) is 5.96 Å². The van der Waals surface area contributed by atoms with Gasteiger partial charge in [-0.3, -0.25) is 10.3 Å². The second-order valence-corrected chi connectivity index (χ2v) is 6.58. The molecule has 8 heteroatoms. The Bertz CT molecular complexity index is 507. The van der Waals surface area contributed by atoms with Crippen LogP contribution in [-0.4, -0.2) is 41.3 Å². The summed E-state index contributed by atoms with van der Waals surface area (Å²) in [6.45, 7) is 4.30. The third kappa shape index (κ3) is 9.43. The lowest BCUT2D eigenvalue weighted by Crippen LogP contribution is -2.36. The average molecular weight is 352 g/mol. The topological polar surface area (TPSA) is 115 Å². The number of aliphatic imine (C=N–C) groups is 1. The monoisotopic (exact) mass is 351 g/mol. The van der Waals surface area contributed by atoms with Gasteiger partial charge in [0.1, 0.15) is 0 Å². The van der Waals surface area contributed by atoms with Crippen molar-refractivity contribution >= 4 is 17.7 Å². The Balaban J connectivity index is 2.12. The maximum atomic E-state index is 8.78. The molecule has 7 nitrogen and oxygen atoms in total. The summed E-state index contributed by atoms with van der Waals surface area (Å²) in [6, 6.07) is 0. The summed E-state index contributed by atoms with van der Waals surface area (Å²) >= 11 is 1.80. The summed E-state index contributed by atoms with van der Waals surface area (Å²) in [5.74, 6) is 2.38. The van der Waals surface area contributed by atoms with E-state index in [1.807, 2.05) is 13.1 Å². The Kier molecular flexibility index (Phi) is 11.6. The van der Waals surface area contributed by atoms with Crippen LogP contribution in [0.1, 0.15) is 43.5 Å². The largest absolute Gasteiger partial charge is 0.355 e. The zero-order valence-corrected chi connectivity index (χ0v) is 15.3. The standard InChI is InChI=1S/C16H29N7S/c1-14-15(23-13-22-14)11-24-10-9-20-16(21-12-18)19-8-6-4-2-3-5-7-17/h13H,2-11,17H2,1H3,(H,22,23)(H2,19,20,21). The fourth-order valence-corrected chi connectivity index (χ4v) is 2.99. The Labute approximate surface area is 148 Å². The molecule has 1 aromatic heterocycles. The van der Waals surface area contributed by atoms with Gasteiger partial charge in [0, 0.05) is 30.3 Å². The van der Waals surface area contributed by atoms with Gasteiger partial charge < -0.3 is 16.0 Å². The lowest BCUT2D eigenvalue weighted by molar-refractivity contribution is 0.622. The number of H-pyrrole nitrogens is 1. The van der Waals surface area contributed by atoms with Gasteiger partial charge in [0.25, 0.3) is 0 Å². The number of thioether (sulfide) groups is 1. The highest BCUT2D eigenvalue weighted by molar-refractivity contribution is 7.98. The van der Waals surface area contributed by atoms with Crippen LogP contribution in [-0.2, 0) is 5.75 Å². The first-order valence-electron chi connectivity index (χ1n) is 8.48. The quantitative estimate of drug-likeness (QED) is 0.150. The summed E-state index contributed by atoms with van der Waals surface area (Å²) < 4.78 is 0. The number of aromatic nitrogens is 2. The Hall–Kier alpha value is -1.72. The highest BCUT2D eigenvalue weighted by Crippen LogP contribution is 2.11. The highest BCUT2D eigenvalue weighted by Gasteiger charge is 2.01. The van der Waals surface area contributed by atoms with Crippen LogP contribution in [0.2, 0.25) is 0 Å². The smallest absolute Gasteiger partial charge is 0.204 e. The molecule has 0 aliphatic heterocycles. The molecule has 0 atom stereocenters. The van der Waals surface area contributed by atoms with E-state index in [2.05, 4.69) is 25.6 Å². The maximum Gasteiger partial charge on any atom is 0.204 e. The average Bonchev–Trinajstić information content (AvgIpc) is 2.98. The molecule has 0 unspecified atom stereocenters. The summed E-state index contributed by atoms with van der Waals surface area (Å²) in [4.78, 5) is 11.8. The van der Waals surface area contributed by atoms with Crippen molar-refractivity contribution in [1.29, 1.82) is 5.26 Å². The van der Waals surface area contributed by atoms with Crippen molar-refractivity contribution < 1.29 is 0 Å². The van der Waals surface area contributed by atoms with Crippen LogP contribution < -0.4 is 16.4 Å². The normalized spacial score (nSPS) is 11.3. The predicted molar refractivity (Wildman–Crippen MR) is 101 cm³/mol. The fraction of sp³-hybridized carbons (Fsp3) is 0.688. The molecule has 0 aliphatic rings. The minimum atomic E-state index is 0.566. The minimum absolute atomic E-state index is 0.566. The Morgan fingerprint density at radius 2 is 2.17 bits per heavy atom. The summed E-state index contributed by atoms with van der Waals surface area (Å²) in [5, 5.41) is 14.6. The van der Waals surface area contributed by atoms with E-state index in [4.69, 9.17) is 11.0 Å². The number of imidazole rings is 1. The number of rotatable bonds is 12. The second kappa shape index (κ2) is 13.7. The van der Waals surface area contributed by atoms with E-state index >= 15 is 0 Å². The SMILES string of the molecule is Cc1[nH]cnc1CSCCNC(=NCCCCCCCN)NC#N. The first-order chi connectivity index (χ1) is 11.8. The van der Waals surface area contributed by atoms with Gasteiger partial charge in [0.15, 0.2) is 6.19 Å². The number of nitriles is 1. The number of aryl methyl sites for hydroxylation is 1. The molecule has 0 amide bonds. The van der Waals surface area contributed by atoms with Crippen molar-refractivity contribution in [2.45, 2.75) is 44.8 Å². The molecule has 0 saturated carbocycles. The molecule has 0 aliphatic carbocycles. The van der Waals surface area contributed by atoms with Crippen LogP contribution >= 0.6 is 11.8 Å². The van der Waals surface area contributed by atoms with Crippen LogP contribution in [0.3, 0.4) is 0 Å². The molecule has 1 heterocycles. The van der Waals surface area contributed by atoms with E-state index in [1.165, 1.54) is 12.8 Å². The fourth-order valence-electron chi connectivity index (χ4n) is 2.11. The van der Waals surface area contributed by atoms with Crippen LogP contribution in [0.25, 0.3) is 0 Å². The minimum Gasteiger partial charge on any atom is -0.355 e. The summed E-state index contributed by atoms with van der Waals surface area (Å²) in [5.41, 5.74) is 7.69. The van der Waals surface area contributed by atoms with E-state index in [9.17, 15) is 0 Å². The molecule has 24 heavy (non-hydrogen) atoms. The van der Waals surface area contributed by atoms with Gasteiger partial charge >= 0.3 is 0 Å². The molecule has 0 saturated heterocycles. The van der Waals surface area contributed by atoms with Crippen LogP contribution in [0.4, 0.5) is 0 Å². The molecule has 0 radical (unpaired) electrons. The molecule has 1 aromatic rings. The summed E-state index contributed by atoms with van der Waals surface area (Å²) in [6.07, 6.45) is 9.33. The molecular formula is C16H29N7S. The molecule has 0 bridgehead atoms. The molecule has 134 valence electrons. The van der Waals surface area contributed by atoms with E-state index in [0.717, 1.165) is 61.8 Å². The second-order valence-electron chi connectivity index (χ2n) is 5.48. The lowest BCUT2D eigenvalue weighted by Gasteiger charge is -2.08. The maximum absolute atomic E-state index is 8.78. The van der Waals surface area contributed by atoms with Crippen LogP contribution in [0.5, 0.6) is 0 Å². The highest BCUT2D eigenvalue weighted by atomic mass is 32.2. The van der Waals surface area contributed by atoms with Gasteiger partial charge in [-0.05, 0) is 26.3 Å². The molecule has 1 rings (SSSR count). The molecular weight excluding hydrogens is 322 g/mol. The van der Waals surface area contributed by atoms with Gasteiger partial charge in [-0.1, -0.05) is 19.3 Å². The van der Waals surface area contributed by atoms with Crippen molar-refractivity contribution in [3.8, 4) is 6.19 Å². The van der Waals surface area contributed by atoms with Gasteiger partial charge in [-0.25, -0.2) is 4.98 Å².